The molecular weight excluding hydrogens is 240 g/mol. The predicted molar refractivity (Wildman–Crippen MR) is 62.2 cm³/mol. The van der Waals surface area contributed by atoms with Crippen molar-refractivity contribution in [1.29, 1.82) is 5.26 Å². The predicted octanol–water partition coefficient (Wildman–Crippen LogP) is 3.32. The molecule has 0 aliphatic heterocycles. The first-order valence-electron chi connectivity index (χ1n) is 4.60. The third-order valence-electron chi connectivity index (χ3n) is 2.00. The van der Waals surface area contributed by atoms with Crippen LogP contribution in [0.4, 0.5) is 5.69 Å². The van der Waals surface area contributed by atoms with E-state index in [0.717, 1.165) is 11.3 Å². The highest BCUT2D eigenvalue weighted by molar-refractivity contribution is 7.12. The van der Waals surface area contributed by atoms with Gasteiger partial charge in [-0.2, -0.15) is 5.26 Å². The molecule has 0 saturated carbocycles. The maximum atomic E-state index is 10.7. The third-order valence-corrected chi connectivity index (χ3v) is 2.78. The van der Waals surface area contributed by atoms with Crippen molar-refractivity contribution >= 4 is 17.0 Å². The van der Waals surface area contributed by atoms with Crippen LogP contribution in [-0.2, 0) is 0 Å². The molecule has 0 spiro atoms. The molecule has 0 saturated heterocycles. The van der Waals surface area contributed by atoms with E-state index in [0.29, 0.717) is 11.3 Å². The lowest BCUT2D eigenvalue weighted by Crippen LogP contribution is -1.89. The second-order valence-corrected chi connectivity index (χ2v) is 3.97. The van der Waals surface area contributed by atoms with Crippen molar-refractivity contribution in [3.63, 3.8) is 0 Å². The SMILES string of the molecule is N#Cc1ccc(Oc2sccc2[N+](=O)[O-])cc1. The Hall–Kier alpha value is -2.39. The molecule has 2 rings (SSSR count). The van der Waals surface area contributed by atoms with Gasteiger partial charge in [-0.1, -0.05) is 0 Å². The van der Waals surface area contributed by atoms with E-state index in [1.54, 1.807) is 29.6 Å². The molecule has 2 aromatic rings. The number of hydrogen-bond donors (Lipinski definition) is 0. The molecule has 1 heterocycles. The zero-order valence-electron chi connectivity index (χ0n) is 8.49. The van der Waals surface area contributed by atoms with Crippen molar-refractivity contribution in [2.75, 3.05) is 0 Å². The van der Waals surface area contributed by atoms with Crippen LogP contribution in [0.3, 0.4) is 0 Å². The first-order chi connectivity index (χ1) is 8.20. The maximum Gasteiger partial charge on any atom is 0.322 e. The number of thiophene rings is 1. The lowest BCUT2D eigenvalue weighted by atomic mass is 10.2. The number of nitrogens with zero attached hydrogens (tertiary/aromatic N) is 2. The Labute approximate surface area is 101 Å². The van der Waals surface area contributed by atoms with E-state index in [-0.39, 0.29) is 10.8 Å². The summed E-state index contributed by atoms with van der Waals surface area (Å²) in [4.78, 5) is 10.2. The Kier molecular flexibility index (Phi) is 3.03. The quantitative estimate of drug-likeness (QED) is 0.614. The fourth-order valence-electron chi connectivity index (χ4n) is 1.20. The fraction of sp³-hybridized carbons (Fsp3) is 0. The summed E-state index contributed by atoms with van der Waals surface area (Å²) < 4.78 is 5.38. The van der Waals surface area contributed by atoms with Gasteiger partial charge in [-0.25, -0.2) is 0 Å². The number of hydrogen-bond acceptors (Lipinski definition) is 5. The summed E-state index contributed by atoms with van der Waals surface area (Å²) in [5.41, 5.74) is 0.456. The molecule has 1 aromatic carbocycles. The summed E-state index contributed by atoms with van der Waals surface area (Å²) in [6.07, 6.45) is 0. The Morgan fingerprint density at radius 1 is 1.29 bits per heavy atom. The second kappa shape index (κ2) is 4.63. The minimum atomic E-state index is -0.491. The summed E-state index contributed by atoms with van der Waals surface area (Å²) >= 11 is 1.15. The first kappa shape index (κ1) is 11.1. The lowest BCUT2D eigenvalue weighted by molar-refractivity contribution is -0.385. The molecule has 0 radical (unpaired) electrons. The van der Waals surface area contributed by atoms with E-state index in [1.807, 2.05) is 6.07 Å². The van der Waals surface area contributed by atoms with Crippen LogP contribution in [0.25, 0.3) is 0 Å². The van der Waals surface area contributed by atoms with E-state index in [2.05, 4.69) is 0 Å². The molecule has 0 aliphatic rings. The molecule has 17 heavy (non-hydrogen) atoms. The Bertz CT molecular complexity index is 584. The molecule has 0 N–H and O–H groups in total. The first-order valence-corrected chi connectivity index (χ1v) is 5.48. The standard InChI is InChI=1S/C11H6N2O3S/c12-7-8-1-3-9(4-2-8)16-11-10(13(14)15)5-6-17-11/h1-6H. The Morgan fingerprint density at radius 3 is 2.59 bits per heavy atom. The van der Waals surface area contributed by atoms with Crippen LogP contribution in [0.5, 0.6) is 10.8 Å². The summed E-state index contributed by atoms with van der Waals surface area (Å²) in [6, 6.07) is 9.76. The molecule has 84 valence electrons. The van der Waals surface area contributed by atoms with Crippen LogP contribution < -0.4 is 4.74 Å². The van der Waals surface area contributed by atoms with Crippen molar-refractivity contribution in [3.8, 4) is 16.9 Å². The van der Waals surface area contributed by atoms with Crippen LogP contribution in [0.1, 0.15) is 5.56 Å². The molecular formula is C11H6N2O3S. The van der Waals surface area contributed by atoms with Crippen molar-refractivity contribution < 1.29 is 9.66 Å². The van der Waals surface area contributed by atoms with Crippen LogP contribution >= 0.6 is 11.3 Å². The third kappa shape index (κ3) is 2.41. The van der Waals surface area contributed by atoms with E-state index < -0.39 is 4.92 Å². The summed E-state index contributed by atoms with van der Waals surface area (Å²) in [6.45, 7) is 0. The van der Waals surface area contributed by atoms with Crippen LogP contribution in [0.2, 0.25) is 0 Å². The second-order valence-electron chi connectivity index (χ2n) is 3.09. The monoisotopic (exact) mass is 246 g/mol. The highest BCUT2D eigenvalue weighted by Crippen LogP contribution is 2.36. The van der Waals surface area contributed by atoms with Crippen molar-refractivity contribution in [3.05, 3.63) is 51.4 Å². The highest BCUT2D eigenvalue weighted by atomic mass is 32.1. The maximum absolute atomic E-state index is 10.7. The van der Waals surface area contributed by atoms with Gasteiger partial charge in [0.1, 0.15) is 5.75 Å². The molecule has 0 atom stereocenters. The minimum Gasteiger partial charge on any atom is -0.440 e. The van der Waals surface area contributed by atoms with E-state index in [4.69, 9.17) is 10.00 Å². The van der Waals surface area contributed by atoms with Crippen molar-refractivity contribution in [2.45, 2.75) is 0 Å². The van der Waals surface area contributed by atoms with E-state index in [9.17, 15) is 10.1 Å². The molecule has 0 bridgehead atoms. The van der Waals surface area contributed by atoms with E-state index >= 15 is 0 Å². The normalized spacial score (nSPS) is 9.59. The van der Waals surface area contributed by atoms with Gasteiger partial charge in [0.2, 0.25) is 0 Å². The van der Waals surface area contributed by atoms with Gasteiger partial charge in [-0.15, -0.1) is 11.3 Å². The molecule has 5 nitrogen and oxygen atoms in total. The average molecular weight is 246 g/mol. The fourth-order valence-corrected chi connectivity index (χ4v) is 1.93. The van der Waals surface area contributed by atoms with Gasteiger partial charge in [-0.05, 0) is 24.3 Å². The zero-order valence-corrected chi connectivity index (χ0v) is 9.31. The number of benzene rings is 1. The average Bonchev–Trinajstić information content (AvgIpc) is 2.78. The molecule has 1 aromatic heterocycles. The molecule has 0 fully saturated rings. The van der Waals surface area contributed by atoms with Crippen LogP contribution in [-0.4, -0.2) is 4.92 Å². The number of rotatable bonds is 3. The number of nitriles is 1. The topological polar surface area (TPSA) is 76.2 Å². The number of nitro groups is 1. The van der Waals surface area contributed by atoms with Crippen LogP contribution in [0, 0.1) is 21.4 Å². The summed E-state index contributed by atoms with van der Waals surface area (Å²) in [7, 11) is 0. The van der Waals surface area contributed by atoms with Crippen molar-refractivity contribution in [2.24, 2.45) is 0 Å². The largest absolute Gasteiger partial charge is 0.440 e. The smallest absolute Gasteiger partial charge is 0.322 e. The van der Waals surface area contributed by atoms with Gasteiger partial charge in [0.25, 0.3) is 5.06 Å². The molecule has 6 heteroatoms. The van der Waals surface area contributed by atoms with Gasteiger partial charge >= 0.3 is 5.69 Å². The molecule has 0 amide bonds. The molecule has 0 unspecified atom stereocenters. The van der Waals surface area contributed by atoms with E-state index in [1.165, 1.54) is 6.07 Å². The van der Waals surface area contributed by atoms with Gasteiger partial charge in [0.05, 0.1) is 16.6 Å². The highest BCUT2D eigenvalue weighted by Gasteiger charge is 2.16. The minimum absolute atomic E-state index is 0.0561. The van der Waals surface area contributed by atoms with Crippen LogP contribution in [0.15, 0.2) is 35.7 Å². The van der Waals surface area contributed by atoms with Gasteiger partial charge < -0.3 is 4.74 Å². The van der Waals surface area contributed by atoms with Gasteiger partial charge in [0, 0.05) is 11.4 Å². The van der Waals surface area contributed by atoms with Gasteiger partial charge in [0.15, 0.2) is 0 Å². The molecule has 0 aliphatic carbocycles. The van der Waals surface area contributed by atoms with Gasteiger partial charge in [-0.3, -0.25) is 10.1 Å². The Morgan fingerprint density at radius 2 is 2.00 bits per heavy atom. The zero-order chi connectivity index (χ0) is 12.3. The summed E-state index contributed by atoms with van der Waals surface area (Å²) in [5.74, 6) is 0.467. The van der Waals surface area contributed by atoms with Crippen molar-refractivity contribution in [1.82, 2.24) is 0 Å². The summed E-state index contributed by atoms with van der Waals surface area (Å²) in [5, 5.41) is 21.1. The Balaban J connectivity index is 2.23. The number of ether oxygens (including phenoxy) is 1. The lowest BCUT2D eigenvalue weighted by Gasteiger charge is -2.01.